The Balaban J connectivity index is 2.47. The van der Waals surface area contributed by atoms with E-state index in [0.717, 1.165) is 5.56 Å². The third kappa shape index (κ3) is 3.67. The maximum Gasteiger partial charge on any atom is 0.224 e. The SMILES string of the molecule is CC(CN)C(=O)NCc1cccc(F)c1. The first-order valence-corrected chi connectivity index (χ1v) is 4.85. The smallest absolute Gasteiger partial charge is 0.224 e. The normalized spacial score (nSPS) is 12.2. The molecule has 0 radical (unpaired) electrons. The van der Waals surface area contributed by atoms with Crippen LogP contribution >= 0.6 is 0 Å². The van der Waals surface area contributed by atoms with Crippen LogP contribution in [0.1, 0.15) is 12.5 Å². The molecule has 4 heteroatoms. The summed E-state index contributed by atoms with van der Waals surface area (Å²) in [7, 11) is 0. The molecule has 0 aliphatic heterocycles. The summed E-state index contributed by atoms with van der Waals surface area (Å²) in [4.78, 5) is 11.3. The summed E-state index contributed by atoms with van der Waals surface area (Å²) in [5, 5.41) is 2.69. The van der Waals surface area contributed by atoms with Crippen LogP contribution in [0, 0.1) is 11.7 Å². The highest BCUT2D eigenvalue weighted by Gasteiger charge is 2.09. The van der Waals surface area contributed by atoms with Gasteiger partial charge in [0.2, 0.25) is 5.91 Å². The van der Waals surface area contributed by atoms with Gasteiger partial charge in [-0.15, -0.1) is 0 Å². The van der Waals surface area contributed by atoms with Crippen molar-refractivity contribution in [1.82, 2.24) is 5.32 Å². The zero-order valence-corrected chi connectivity index (χ0v) is 8.66. The summed E-state index contributed by atoms with van der Waals surface area (Å²) in [5.74, 6) is -0.617. The number of amides is 1. The molecule has 0 heterocycles. The molecule has 1 amide bonds. The topological polar surface area (TPSA) is 55.1 Å². The van der Waals surface area contributed by atoms with E-state index in [-0.39, 0.29) is 17.6 Å². The minimum absolute atomic E-state index is 0.109. The summed E-state index contributed by atoms with van der Waals surface area (Å²) >= 11 is 0. The maximum atomic E-state index is 12.8. The molecule has 15 heavy (non-hydrogen) atoms. The van der Waals surface area contributed by atoms with Gasteiger partial charge in [-0.05, 0) is 17.7 Å². The molecule has 0 saturated carbocycles. The van der Waals surface area contributed by atoms with Crippen molar-refractivity contribution in [2.24, 2.45) is 11.7 Å². The molecule has 0 bridgehead atoms. The first-order valence-electron chi connectivity index (χ1n) is 4.85. The minimum atomic E-state index is -0.298. The average Bonchev–Trinajstić information content (AvgIpc) is 2.25. The van der Waals surface area contributed by atoms with Gasteiger partial charge in [0.05, 0.1) is 0 Å². The molecule has 1 aromatic rings. The molecule has 3 nitrogen and oxygen atoms in total. The van der Waals surface area contributed by atoms with Crippen molar-refractivity contribution in [3.63, 3.8) is 0 Å². The van der Waals surface area contributed by atoms with Gasteiger partial charge in [0, 0.05) is 19.0 Å². The number of carbonyl (C=O) groups is 1. The van der Waals surface area contributed by atoms with Gasteiger partial charge < -0.3 is 11.1 Å². The molecule has 0 aromatic heterocycles. The largest absolute Gasteiger partial charge is 0.352 e. The molecule has 1 unspecified atom stereocenters. The molecule has 82 valence electrons. The second-order valence-corrected chi connectivity index (χ2v) is 3.48. The summed E-state index contributed by atoms with van der Waals surface area (Å²) < 4.78 is 12.8. The highest BCUT2D eigenvalue weighted by Crippen LogP contribution is 2.03. The third-order valence-corrected chi connectivity index (χ3v) is 2.16. The highest BCUT2D eigenvalue weighted by atomic mass is 19.1. The summed E-state index contributed by atoms with van der Waals surface area (Å²) in [5.41, 5.74) is 6.09. The van der Waals surface area contributed by atoms with E-state index in [9.17, 15) is 9.18 Å². The zero-order valence-electron chi connectivity index (χ0n) is 8.66. The van der Waals surface area contributed by atoms with Gasteiger partial charge in [-0.1, -0.05) is 19.1 Å². The van der Waals surface area contributed by atoms with Gasteiger partial charge in [-0.3, -0.25) is 4.79 Å². The summed E-state index contributed by atoms with van der Waals surface area (Å²) in [6.07, 6.45) is 0. The van der Waals surface area contributed by atoms with E-state index < -0.39 is 0 Å². The Morgan fingerprint density at radius 3 is 2.93 bits per heavy atom. The van der Waals surface area contributed by atoms with Crippen LogP contribution < -0.4 is 11.1 Å². The highest BCUT2D eigenvalue weighted by molar-refractivity contribution is 5.78. The Kier molecular flexibility index (Phi) is 4.24. The Morgan fingerprint density at radius 1 is 1.60 bits per heavy atom. The first-order chi connectivity index (χ1) is 7.13. The number of hydrogen-bond donors (Lipinski definition) is 2. The van der Waals surface area contributed by atoms with Crippen LogP contribution in [0.15, 0.2) is 24.3 Å². The number of nitrogens with two attached hydrogens (primary N) is 1. The molecule has 3 N–H and O–H groups in total. The average molecular weight is 210 g/mol. The van der Waals surface area contributed by atoms with Crippen molar-refractivity contribution < 1.29 is 9.18 Å². The van der Waals surface area contributed by atoms with Crippen LogP contribution in [0.5, 0.6) is 0 Å². The van der Waals surface area contributed by atoms with Gasteiger partial charge in [0.25, 0.3) is 0 Å². The van der Waals surface area contributed by atoms with Crippen molar-refractivity contribution in [2.45, 2.75) is 13.5 Å². The fourth-order valence-electron chi connectivity index (χ4n) is 1.12. The maximum absolute atomic E-state index is 12.8. The van der Waals surface area contributed by atoms with Crippen LogP contribution in [-0.4, -0.2) is 12.5 Å². The van der Waals surface area contributed by atoms with E-state index in [4.69, 9.17) is 5.73 Å². The molecule has 1 rings (SSSR count). The number of halogens is 1. The predicted molar refractivity (Wildman–Crippen MR) is 56.5 cm³/mol. The number of hydrogen-bond acceptors (Lipinski definition) is 2. The van der Waals surface area contributed by atoms with Crippen LogP contribution in [-0.2, 0) is 11.3 Å². The molecule has 0 saturated heterocycles. The Labute approximate surface area is 88.5 Å². The predicted octanol–water partition coefficient (Wildman–Crippen LogP) is 1.04. The van der Waals surface area contributed by atoms with Gasteiger partial charge in [-0.2, -0.15) is 0 Å². The lowest BCUT2D eigenvalue weighted by molar-refractivity contribution is -0.124. The van der Waals surface area contributed by atoms with Gasteiger partial charge >= 0.3 is 0 Å². The van der Waals surface area contributed by atoms with Crippen molar-refractivity contribution in [3.05, 3.63) is 35.6 Å². The lowest BCUT2D eigenvalue weighted by Gasteiger charge is -2.09. The monoisotopic (exact) mass is 210 g/mol. The van der Waals surface area contributed by atoms with Crippen LogP contribution in [0.3, 0.4) is 0 Å². The second kappa shape index (κ2) is 5.46. The van der Waals surface area contributed by atoms with Crippen molar-refractivity contribution >= 4 is 5.91 Å². The molecule has 0 spiro atoms. The molecular formula is C11H15FN2O. The molecule has 1 atom stereocenters. The Bertz CT molecular complexity index is 341. The Morgan fingerprint density at radius 2 is 2.33 bits per heavy atom. The second-order valence-electron chi connectivity index (χ2n) is 3.48. The fourth-order valence-corrected chi connectivity index (χ4v) is 1.12. The number of nitrogens with one attached hydrogen (secondary N) is 1. The summed E-state index contributed by atoms with van der Waals surface area (Å²) in [6.45, 7) is 2.40. The first kappa shape index (κ1) is 11.7. The summed E-state index contributed by atoms with van der Waals surface area (Å²) in [6, 6.07) is 6.14. The van der Waals surface area contributed by atoms with Crippen molar-refractivity contribution in [1.29, 1.82) is 0 Å². The van der Waals surface area contributed by atoms with Gasteiger partial charge in [-0.25, -0.2) is 4.39 Å². The lowest BCUT2D eigenvalue weighted by atomic mass is 10.1. The van der Waals surface area contributed by atoms with E-state index in [1.807, 2.05) is 0 Å². The van der Waals surface area contributed by atoms with E-state index in [0.29, 0.717) is 13.1 Å². The van der Waals surface area contributed by atoms with E-state index in [1.165, 1.54) is 12.1 Å². The van der Waals surface area contributed by atoms with Gasteiger partial charge in [0.1, 0.15) is 5.82 Å². The van der Waals surface area contributed by atoms with Crippen molar-refractivity contribution in [2.75, 3.05) is 6.54 Å². The lowest BCUT2D eigenvalue weighted by Crippen LogP contribution is -2.32. The van der Waals surface area contributed by atoms with Crippen LogP contribution in [0.4, 0.5) is 4.39 Å². The van der Waals surface area contributed by atoms with Crippen LogP contribution in [0.2, 0.25) is 0 Å². The van der Waals surface area contributed by atoms with Crippen LogP contribution in [0.25, 0.3) is 0 Å². The Hall–Kier alpha value is -1.42. The number of carbonyl (C=O) groups excluding carboxylic acids is 1. The molecule has 0 fully saturated rings. The zero-order chi connectivity index (χ0) is 11.3. The quantitative estimate of drug-likeness (QED) is 0.780. The number of rotatable bonds is 4. The third-order valence-electron chi connectivity index (χ3n) is 2.16. The molecule has 0 aliphatic carbocycles. The van der Waals surface area contributed by atoms with Crippen molar-refractivity contribution in [3.8, 4) is 0 Å². The van der Waals surface area contributed by atoms with E-state index in [2.05, 4.69) is 5.32 Å². The molecule has 1 aromatic carbocycles. The van der Waals surface area contributed by atoms with E-state index in [1.54, 1.807) is 19.1 Å². The minimum Gasteiger partial charge on any atom is -0.352 e. The number of benzene rings is 1. The standard InChI is InChI=1S/C11H15FN2O/c1-8(6-13)11(15)14-7-9-3-2-4-10(12)5-9/h2-5,8H,6-7,13H2,1H3,(H,14,15). The molecular weight excluding hydrogens is 195 g/mol. The van der Waals surface area contributed by atoms with E-state index >= 15 is 0 Å². The fraction of sp³-hybridized carbons (Fsp3) is 0.364. The van der Waals surface area contributed by atoms with Gasteiger partial charge in [0.15, 0.2) is 0 Å². The molecule has 0 aliphatic rings.